The van der Waals surface area contributed by atoms with Crippen molar-refractivity contribution >= 4 is 45.9 Å². The van der Waals surface area contributed by atoms with Gasteiger partial charge in [0.15, 0.2) is 5.96 Å². The molecule has 2 N–H and O–H groups in total. The fourth-order valence-corrected chi connectivity index (χ4v) is 3.71. The molecule has 2 rings (SSSR count). The minimum Gasteiger partial charge on any atom is -0.381 e. The molecule has 0 bridgehead atoms. The normalized spacial score (nSPS) is 18.4. The molecule has 1 aromatic carbocycles. The van der Waals surface area contributed by atoms with Crippen molar-refractivity contribution in [3.8, 4) is 0 Å². The van der Waals surface area contributed by atoms with Gasteiger partial charge in [0.05, 0.1) is 6.04 Å². The lowest BCUT2D eigenvalue weighted by atomic mass is 9.88. The molecule has 7 heteroatoms. The minimum absolute atomic E-state index is 0. The van der Waals surface area contributed by atoms with Crippen LogP contribution in [0.25, 0.3) is 0 Å². The topological polar surface area (TPSA) is 48.9 Å². The van der Waals surface area contributed by atoms with Crippen LogP contribution in [0, 0.1) is 0 Å². The van der Waals surface area contributed by atoms with E-state index in [9.17, 15) is 0 Å². The number of benzene rings is 1. The number of nitrogens with zero attached hydrogens (tertiary/aromatic N) is 2. The van der Waals surface area contributed by atoms with Crippen LogP contribution in [0.15, 0.2) is 33.7 Å². The predicted molar refractivity (Wildman–Crippen MR) is 119 cm³/mol. The van der Waals surface area contributed by atoms with E-state index >= 15 is 0 Å². The van der Waals surface area contributed by atoms with Gasteiger partial charge in [0.25, 0.3) is 0 Å². The molecule has 0 spiro atoms. The molecule has 5 nitrogen and oxygen atoms in total. The fourth-order valence-electron chi connectivity index (χ4n) is 3.09. The van der Waals surface area contributed by atoms with Crippen LogP contribution >= 0.6 is 39.9 Å². The molecule has 1 heterocycles. The summed E-state index contributed by atoms with van der Waals surface area (Å²) < 4.78 is 6.64. The van der Waals surface area contributed by atoms with E-state index in [1.165, 1.54) is 5.56 Å². The smallest absolute Gasteiger partial charge is 0.191 e. The summed E-state index contributed by atoms with van der Waals surface area (Å²) in [5.74, 6) is 0.825. The van der Waals surface area contributed by atoms with E-state index in [4.69, 9.17) is 4.74 Å². The third kappa shape index (κ3) is 6.08. The molecule has 142 valence electrons. The van der Waals surface area contributed by atoms with Crippen molar-refractivity contribution in [3.05, 3.63) is 34.3 Å². The van der Waals surface area contributed by atoms with Crippen molar-refractivity contribution in [2.24, 2.45) is 4.99 Å². The molecule has 1 aliphatic rings. The van der Waals surface area contributed by atoms with Crippen LogP contribution in [0.3, 0.4) is 0 Å². The molecule has 0 radical (unpaired) electrons. The zero-order chi connectivity index (χ0) is 17.6. The Morgan fingerprint density at radius 2 is 1.96 bits per heavy atom. The van der Waals surface area contributed by atoms with Crippen LogP contribution in [0.5, 0.6) is 0 Å². The van der Waals surface area contributed by atoms with Gasteiger partial charge in [-0.15, -0.1) is 24.0 Å². The van der Waals surface area contributed by atoms with Crippen molar-refractivity contribution in [1.82, 2.24) is 15.5 Å². The summed E-state index contributed by atoms with van der Waals surface area (Å²) in [5, 5.41) is 6.99. The quantitative estimate of drug-likeness (QED) is 0.352. The number of guanidine groups is 1. The predicted octanol–water partition coefficient (Wildman–Crippen LogP) is 3.40. The molecule has 1 saturated heterocycles. The van der Waals surface area contributed by atoms with Crippen molar-refractivity contribution in [2.75, 3.05) is 40.9 Å². The number of ether oxygens (including phenoxy) is 1. The summed E-state index contributed by atoms with van der Waals surface area (Å²) in [4.78, 5) is 6.70. The summed E-state index contributed by atoms with van der Waals surface area (Å²) in [7, 11) is 6.11. The molecule has 1 fully saturated rings. The number of hydrogen-bond acceptors (Lipinski definition) is 3. The highest BCUT2D eigenvalue weighted by molar-refractivity contribution is 14.0. The highest BCUT2D eigenvalue weighted by Crippen LogP contribution is 2.25. The minimum atomic E-state index is 0. The van der Waals surface area contributed by atoms with Crippen LogP contribution in [0.1, 0.15) is 31.4 Å². The van der Waals surface area contributed by atoms with E-state index in [2.05, 4.69) is 75.7 Å². The maximum Gasteiger partial charge on any atom is 0.191 e. The maximum absolute atomic E-state index is 5.54. The van der Waals surface area contributed by atoms with Crippen LogP contribution in [-0.2, 0) is 4.74 Å². The van der Waals surface area contributed by atoms with Gasteiger partial charge in [0, 0.05) is 36.8 Å². The van der Waals surface area contributed by atoms with Crippen molar-refractivity contribution in [1.29, 1.82) is 0 Å². The molecule has 0 aliphatic carbocycles. The Labute approximate surface area is 177 Å². The Balaban J connectivity index is 0.00000312. The van der Waals surface area contributed by atoms with Crippen LogP contribution in [0.4, 0.5) is 0 Å². The lowest BCUT2D eigenvalue weighted by molar-refractivity contribution is -0.00502. The lowest BCUT2D eigenvalue weighted by Gasteiger charge is -2.43. The molecule has 1 atom stereocenters. The summed E-state index contributed by atoms with van der Waals surface area (Å²) in [6.07, 6.45) is 2.06. The third-order valence-corrected chi connectivity index (χ3v) is 5.63. The number of likely N-dealkylation sites (N-methyl/N-ethyl adjacent to an activating group) is 1. The largest absolute Gasteiger partial charge is 0.381 e. The second kappa shape index (κ2) is 10.7. The first kappa shape index (κ1) is 22.7. The first-order valence-electron chi connectivity index (χ1n) is 8.45. The van der Waals surface area contributed by atoms with Crippen LogP contribution in [0.2, 0.25) is 0 Å². The van der Waals surface area contributed by atoms with E-state index in [0.29, 0.717) is 0 Å². The Hall–Kier alpha value is -0.380. The summed E-state index contributed by atoms with van der Waals surface area (Å²) in [5.41, 5.74) is 1.33. The average Bonchev–Trinajstić information content (AvgIpc) is 2.59. The van der Waals surface area contributed by atoms with Crippen molar-refractivity contribution in [2.45, 2.75) is 31.3 Å². The van der Waals surface area contributed by atoms with E-state index in [-0.39, 0.29) is 35.6 Å². The van der Waals surface area contributed by atoms with Gasteiger partial charge in [0.1, 0.15) is 0 Å². The highest BCUT2D eigenvalue weighted by Gasteiger charge is 2.34. The fraction of sp³-hybridized carbons (Fsp3) is 0.611. The molecule has 0 saturated carbocycles. The van der Waals surface area contributed by atoms with E-state index in [0.717, 1.165) is 43.0 Å². The summed E-state index contributed by atoms with van der Waals surface area (Å²) in [6.45, 7) is 4.63. The number of aliphatic imine (C=N–C) groups is 1. The second-order valence-electron chi connectivity index (χ2n) is 6.54. The summed E-state index contributed by atoms with van der Waals surface area (Å²) in [6, 6.07) is 8.43. The van der Waals surface area contributed by atoms with E-state index in [1.54, 1.807) is 0 Å². The lowest BCUT2D eigenvalue weighted by Crippen LogP contribution is -2.57. The van der Waals surface area contributed by atoms with Crippen molar-refractivity contribution < 1.29 is 4.74 Å². The van der Waals surface area contributed by atoms with Gasteiger partial charge in [-0.05, 0) is 45.5 Å². The van der Waals surface area contributed by atoms with E-state index < -0.39 is 0 Å². The zero-order valence-electron chi connectivity index (χ0n) is 15.5. The SMILES string of the molecule is CN=C(NCC1(N(C)C)CCOCC1)NC(C)c1ccccc1Br.I. The second-order valence-corrected chi connectivity index (χ2v) is 7.40. The van der Waals surface area contributed by atoms with Gasteiger partial charge in [0.2, 0.25) is 0 Å². The van der Waals surface area contributed by atoms with Crippen LogP contribution < -0.4 is 10.6 Å². The molecule has 0 amide bonds. The standard InChI is InChI=1S/C18H29BrN4O.HI/c1-14(15-7-5-6-8-16(15)19)22-17(20-2)21-13-18(23(3)4)9-11-24-12-10-18;/h5-8,14H,9-13H2,1-4H3,(H2,20,21,22);1H. The summed E-state index contributed by atoms with van der Waals surface area (Å²) >= 11 is 3.62. The first-order valence-corrected chi connectivity index (χ1v) is 9.24. The number of rotatable bonds is 5. The molecule has 25 heavy (non-hydrogen) atoms. The first-order chi connectivity index (χ1) is 11.5. The Bertz CT molecular complexity index is 562. The molecule has 1 aromatic rings. The van der Waals surface area contributed by atoms with Gasteiger partial charge in [-0.25, -0.2) is 0 Å². The zero-order valence-corrected chi connectivity index (χ0v) is 19.4. The molecule has 0 aromatic heterocycles. The van der Waals surface area contributed by atoms with Crippen LogP contribution in [-0.4, -0.2) is 57.3 Å². The van der Waals surface area contributed by atoms with Crippen molar-refractivity contribution in [3.63, 3.8) is 0 Å². The van der Waals surface area contributed by atoms with E-state index in [1.807, 2.05) is 13.1 Å². The van der Waals surface area contributed by atoms with Gasteiger partial charge in [-0.3, -0.25) is 4.99 Å². The van der Waals surface area contributed by atoms with Gasteiger partial charge >= 0.3 is 0 Å². The Morgan fingerprint density at radius 1 is 1.32 bits per heavy atom. The van der Waals surface area contributed by atoms with Gasteiger partial charge < -0.3 is 20.3 Å². The molecule has 1 aliphatic heterocycles. The molecular formula is C18H30BrIN4O. The maximum atomic E-state index is 5.54. The monoisotopic (exact) mass is 524 g/mol. The van der Waals surface area contributed by atoms with Gasteiger partial charge in [-0.1, -0.05) is 34.1 Å². The number of halogens is 2. The highest BCUT2D eigenvalue weighted by atomic mass is 127. The number of nitrogens with one attached hydrogen (secondary N) is 2. The van der Waals surface area contributed by atoms with Gasteiger partial charge in [-0.2, -0.15) is 0 Å². The third-order valence-electron chi connectivity index (χ3n) is 4.91. The molecule has 1 unspecified atom stereocenters. The Kier molecular flexibility index (Phi) is 9.69. The Morgan fingerprint density at radius 3 is 2.52 bits per heavy atom. The molecular weight excluding hydrogens is 495 g/mol. The average molecular weight is 525 g/mol. The number of hydrogen-bond donors (Lipinski definition) is 2.